The number of aromatic nitrogens is 4. The highest BCUT2D eigenvalue weighted by Gasteiger charge is 2.18. The zero-order valence-electron chi connectivity index (χ0n) is 15.0. The lowest BCUT2D eigenvalue weighted by Gasteiger charge is -2.08. The van der Waals surface area contributed by atoms with E-state index in [1.807, 2.05) is 20.8 Å². The molecule has 26 heavy (non-hydrogen) atoms. The molecule has 3 aromatic rings. The zero-order chi connectivity index (χ0) is 19.0. The van der Waals surface area contributed by atoms with Gasteiger partial charge in [-0.05, 0) is 38.5 Å². The van der Waals surface area contributed by atoms with Crippen LogP contribution in [0.1, 0.15) is 33.0 Å². The summed E-state index contributed by atoms with van der Waals surface area (Å²) in [5.74, 6) is -0.618. The van der Waals surface area contributed by atoms with E-state index in [1.54, 1.807) is 22.5 Å². The molecule has 2 heterocycles. The second-order valence-corrected chi connectivity index (χ2v) is 6.57. The lowest BCUT2D eigenvalue weighted by molar-refractivity contribution is 0.102. The van der Waals surface area contributed by atoms with Crippen molar-refractivity contribution in [3.63, 3.8) is 0 Å². The SMILES string of the molecule is Cc1nn(Cc2ccc(F)cc2Cl)c(C)c1NC(=O)c1cnn(C)c1C. The summed E-state index contributed by atoms with van der Waals surface area (Å²) in [6, 6.07) is 4.27. The highest BCUT2D eigenvalue weighted by Crippen LogP contribution is 2.24. The van der Waals surface area contributed by atoms with E-state index >= 15 is 0 Å². The van der Waals surface area contributed by atoms with Gasteiger partial charge in [0.2, 0.25) is 0 Å². The number of hydrogen-bond acceptors (Lipinski definition) is 3. The average molecular weight is 376 g/mol. The first-order chi connectivity index (χ1) is 12.3. The van der Waals surface area contributed by atoms with Crippen LogP contribution >= 0.6 is 11.6 Å². The van der Waals surface area contributed by atoms with Crippen LogP contribution in [-0.4, -0.2) is 25.5 Å². The van der Waals surface area contributed by atoms with Gasteiger partial charge in [-0.15, -0.1) is 0 Å². The fourth-order valence-electron chi connectivity index (χ4n) is 2.75. The zero-order valence-corrected chi connectivity index (χ0v) is 15.7. The van der Waals surface area contributed by atoms with Crippen LogP contribution in [0.2, 0.25) is 5.02 Å². The molecule has 0 atom stereocenters. The third-order valence-corrected chi connectivity index (χ3v) is 4.79. The van der Waals surface area contributed by atoms with E-state index in [1.165, 1.54) is 18.3 Å². The van der Waals surface area contributed by atoms with Gasteiger partial charge in [-0.2, -0.15) is 10.2 Å². The summed E-state index contributed by atoms with van der Waals surface area (Å²) in [6.07, 6.45) is 1.54. The summed E-state index contributed by atoms with van der Waals surface area (Å²) in [4.78, 5) is 12.5. The van der Waals surface area contributed by atoms with Gasteiger partial charge in [0.1, 0.15) is 5.82 Å². The number of hydrogen-bond donors (Lipinski definition) is 1. The van der Waals surface area contributed by atoms with Gasteiger partial charge in [-0.3, -0.25) is 14.2 Å². The van der Waals surface area contributed by atoms with Gasteiger partial charge in [0.25, 0.3) is 5.91 Å². The topological polar surface area (TPSA) is 64.7 Å². The van der Waals surface area contributed by atoms with Crippen LogP contribution in [0.15, 0.2) is 24.4 Å². The molecule has 0 spiro atoms. The molecule has 6 nitrogen and oxygen atoms in total. The molecule has 0 saturated carbocycles. The van der Waals surface area contributed by atoms with Crippen molar-refractivity contribution in [2.45, 2.75) is 27.3 Å². The minimum absolute atomic E-state index is 0.235. The quantitative estimate of drug-likeness (QED) is 0.757. The molecule has 3 rings (SSSR count). The molecule has 2 aromatic heterocycles. The van der Waals surface area contributed by atoms with E-state index in [-0.39, 0.29) is 11.7 Å². The Morgan fingerprint density at radius 2 is 2.00 bits per heavy atom. The predicted octanol–water partition coefficient (Wildman–Crippen LogP) is 3.63. The van der Waals surface area contributed by atoms with Crippen molar-refractivity contribution in [3.8, 4) is 0 Å². The van der Waals surface area contributed by atoms with Gasteiger partial charge < -0.3 is 5.32 Å². The number of halogens is 2. The highest BCUT2D eigenvalue weighted by molar-refractivity contribution is 6.31. The molecule has 0 aliphatic carbocycles. The first-order valence-corrected chi connectivity index (χ1v) is 8.43. The second-order valence-electron chi connectivity index (χ2n) is 6.16. The Morgan fingerprint density at radius 1 is 1.27 bits per heavy atom. The third kappa shape index (κ3) is 3.35. The molecule has 0 unspecified atom stereocenters. The molecule has 0 bridgehead atoms. The molecule has 0 aliphatic heterocycles. The van der Waals surface area contributed by atoms with Crippen LogP contribution < -0.4 is 5.32 Å². The number of anilines is 1. The van der Waals surface area contributed by atoms with E-state index in [4.69, 9.17) is 11.6 Å². The van der Waals surface area contributed by atoms with Crippen molar-refractivity contribution in [2.24, 2.45) is 7.05 Å². The van der Waals surface area contributed by atoms with Crippen molar-refractivity contribution in [1.82, 2.24) is 19.6 Å². The summed E-state index contributed by atoms with van der Waals surface area (Å²) in [7, 11) is 1.78. The molecule has 0 saturated heterocycles. The van der Waals surface area contributed by atoms with Crippen LogP contribution in [0.5, 0.6) is 0 Å². The summed E-state index contributed by atoms with van der Waals surface area (Å²) >= 11 is 6.10. The van der Waals surface area contributed by atoms with E-state index < -0.39 is 0 Å². The number of carbonyl (C=O) groups is 1. The molecule has 1 amide bonds. The largest absolute Gasteiger partial charge is 0.319 e. The smallest absolute Gasteiger partial charge is 0.259 e. The maximum atomic E-state index is 13.2. The maximum absolute atomic E-state index is 13.2. The molecular weight excluding hydrogens is 357 g/mol. The number of amides is 1. The van der Waals surface area contributed by atoms with Gasteiger partial charge in [0.15, 0.2) is 0 Å². The van der Waals surface area contributed by atoms with Crippen LogP contribution in [0, 0.1) is 26.6 Å². The van der Waals surface area contributed by atoms with Crippen LogP contribution in [0.4, 0.5) is 10.1 Å². The normalized spacial score (nSPS) is 11.0. The van der Waals surface area contributed by atoms with E-state index in [0.717, 1.165) is 17.0 Å². The lowest BCUT2D eigenvalue weighted by Crippen LogP contribution is -2.14. The van der Waals surface area contributed by atoms with Crippen molar-refractivity contribution >= 4 is 23.2 Å². The van der Waals surface area contributed by atoms with Gasteiger partial charge in [-0.1, -0.05) is 17.7 Å². The summed E-state index contributed by atoms with van der Waals surface area (Å²) < 4.78 is 16.6. The lowest BCUT2D eigenvalue weighted by atomic mass is 10.2. The number of rotatable bonds is 4. The maximum Gasteiger partial charge on any atom is 0.259 e. The molecule has 136 valence electrons. The number of aryl methyl sites for hydroxylation is 2. The summed E-state index contributed by atoms with van der Waals surface area (Å²) in [6.45, 7) is 5.90. The van der Waals surface area contributed by atoms with E-state index in [0.29, 0.717) is 28.5 Å². The first-order valence-electron chi connectivity index (χ1n) is 8.05. The number of nitrogens with one attached hydrogen (secondary N) is 1. The Balaban J connectivity index is 1.86. The third-order valence-electron chi connectivity index (χ3n) is 4.44. The van der Waals surface area contributed by atoms with Crippen molar-refractivity contribution < 1.29 is 9.18 Å². The Morgan fingerprint density at radius 3 is 2.62 bits per heavy atom. The second kappa shape index (κ2) is 6.92. The van der Waals surface area contributed by atoms with Crippen LogP contribution in [-0.2, 0) is 13.6 Å². The van der Waals surface area contributed by atoms with Crippen LogP contribution in [0.25, 0.3) is 0 Å². The van der Waals surface area contributed by atoms with Gasteiger partial charge in [0.05, 0.1) is 35.4 Å². The number of carbonyl (C=O) groups excluding carboxylic acids is 1. The molecule has 0 radical (unpaired) electrons. The molecule has 1 aromatic carbocycles. The summed E-state index contributed by atoms with van der Waals surface area (Å²) in [5.41, 5.74) is 4.17. The van der Waals surface area contributed by atoms with Crippen LogP contribution in [0.3, 0.4) is 0 Å². The fraction of sp³-hybridized carbons (Fsp3) is 0.278. The molecule has 0 fully saturated rings. The Bertz CT molecular complexity index is 992. The van der Waals surface area contributed by atoms with Crippen molar-refractivity contribution in [3.05, 3.63) is 63.4 Å². The average Bonchev–Trinajstić information content (AvgIpc) is 3.04. The molecule has 1 N–H and O–H groups in total. The fourth-order valence-corrected chi connectivity index (χ4v) is 2.97. The number of benzene rings is 1. The Kier molecular flexibility index (Phi) is 4.82. The van der Waals surface area contributed by atoms with Gasteiger partial charge >= 0.3 is 0 Å². The van der Waals surface area contributed by atoms with E-state index in [2.05, 4.69) is 15.5 Å². The predicted molar refractivity (Wildman–Crippen MR) is 98.1 cm³/mol. The minimum Gasteiger partial charge on any atom is -0.319 e. The van der Waals surface area contributed by atoms with Gasteiger partial charge in [-0.25, -0.2) is 4.39 Å². The standard InChI is InChI=1S/C18H19ClFN5O/c1-10-17(22-18(26)15-8-21-24(4)11(15)2)12(3)25(23-10)9-13-5-6-14(20)7-16(13)19/h5-8H,9H2,1-4H3,(H,22,26). The molecule has 0 aliphatic rings. The van der Waals surface area contributed by atoms with Crippen molar-refractivity contribution in [1.29, 1.82) is 0 Å². The highest BCUT2D eigenvalue weighted by atomic mass is 35.5. The van der Waals surface area contributed by atoms with Crippen molar-refractivity contribution in [2.75, 3.05) is 5.32 Å². The Hall–Kier alpha value is -2.67. The molecule has 8 heteroatoms. The van der Waals surface area contributed by atoms with Gasteiger partial charge in [0, 0.05) is 17.8 Å². The number of nitrogens with zero attached hydrogens (tertiary/aromatic N) is 4. The monoisotopic (exact) mass is 375 g/mol. The molecular formula is C18H19ClFN5O. The minimum atomic E-state index is -0.382. The Labute approximate surface area is 155 Å². The van der Waals surface area contributed by atoms with E-state index in [9.17, 15) is 9.18 Å². The first kappa shape index (κ1) is 18.1. The summed E-state index contributed by atoms with van der Waals surface area (Å²) in [5, 5.41) is 11.8.